The van der Waals surface area contributed by atoms with Gasteiger partial charge >= 0.3 is 35.5 Å². The van der Waals surface area contributed by atoms with Crippen LogP contribution in [0.2, 0.25) is 0 Å². The molecule has 0 aliphatic heterocycles. The van der Waals surface area contributed by atoms with E-state index >= 15 is 0 Å². The molecule has 2 N–H and O–H groups in total. The van der Waals surface area contributed by atoms with Gasteiger partial charge < -0.3 is 24.9 Å². The molecule has 0 amide bonds. The van der Waals surface area contributed by atoms with Crippen LogP contribution in [0, 0.1) is 23.7 Å². The van der Waals surface area contributed by atoms with Crippen molar-refractivity contribution in [3.05, 3.63) is 23.8 Å². The predicted molar refractivity (Wildman–Crippen MR) is 108 cm³/mol. The number of hydrogen-bond acceptors (Lipinski definition) is 7. The summed E-state index contributed by atoms with van der Waals surface area (Å²) in [4.78, 5) is 35.2. The van der Waals surface area contributed by atoms with E-state index in [9.17, 15) is 29.7 Å². The van der Waals surface area contributed by atoms with Crippen LogP contribution in [-0.4, -0.2) is 46.2 Å². The van der Waals surface area contributed by atoms with E-state index in [0.29, 0.717) is 19.3 Å². The Morgan fingerprint density at radius 2 is 1.97 bits per heavy atom. The fourth-order valence-electron chi connectivity index (χ4n) is 4.38. The third kappa shape index (κ3) is 8.13. The molecule has 0 bridgehead atoms. The van der Waals surface area contributed by atoms with Crippen LogP contribution in [0.5, 0.6) is 0 Å². The number of carboxylic acid groups (broad SMARTS) is 1. The number of esters is 1. The van der Waals surface area contributed by atoms with Crippen molar-refractivity contribution >= 4 is 17.7 Å². The Kier molecular flexibility index (Phi) is 11.7. The molecule has 0 spiro atoms. The van der Waals surface area contributed by atoms with Crippen molar-refractivity contribution in [2.75, 3.05) is 0 Å². The van der Waals surface area contributed by atoms with Gasteiger partial charge in [-0.1, -0.05) is 32.9 Å². The van der Waals surface area contributed by atoms with Crippen LogP contribution in [0.15, 0.2) is 23.8 Å². The van der Waals surface area contributed by atoms with E-state index in [-0.39, 0.29) is 77.8 Å². The van der Waals surface area contributed by atoms with Gasteiger partial charge in [0.15, 0.2) is 5.78 Å². The fourth-order valence-corrected chi connectivity index (χ4v) is 4.38. The zero-order chi connectivity index (χ0) is 22.4. The van der Waals surface area contributed by atoms with Crippen LogP contribution in [0.4, 0.5) is 0 Å². The Morgan fingerprint density at radius 3 is 2.58 bits per heavy atom. The quantitative estimate of drug-likeness (QED) is 0.305. The molecule has 0 heterocycles. The molecule has 0 unspecified atom stereocenters. The van der Waals surface area contributed by atoms with E-state index in [4.69, 9.17) is 4.74 Å². The summed E-state index contributed by atoms with van der Waals surface area (Å²) in [5.41, 5.74) is 0.850. The smallest absolute Gasteiger partial charge is 0.550 e. The molecular weight excluding hydrogens is 411 g/mol. The maximum absolute atomic E-state index is 12.4. The summed E-state index contributed by atoms with van der Waals surface area (Å²) in [5, 5.41) is 30.6. The van der Waals surface area contributed by atoms with Gasteiger partial charge in [0.1, 0.15) is 6.10 Å². The number of ketones is 1. The number of ether oxygens (including phenoxy) is 1. The van der Waals surface area contributed by atoms with Crippen molar-refractivity contribution in [1.29, 1.82) is 0 Å². The van der Waals surface area contributed by atoms with Gasteiger partial charge in [-0.15, -0.1) is 0 Å². The molecule has 2 aliphatic carbocycles. The van der Waals surface area contributed by atoms with E-state index in [1.54, 1.807) is 13.0 Å². The van der Waals surface area contributed by atoms with Gasteiger partial charge in [-0.05, 0) is 49.2 Å². The predicted octanol–water partition coefficient (Wildman–Crippen LogP) is -1.68. The number of carbonyl (C=O) groups is 3. The van der Waals surface area contributed by atoms with Gasteiger partial charge in [0.05, 0.1) is 18.1 Å². The molecule has 0 saturated carbocycles. The summed E-state index contributed by atoms with van der Waals surface area (Å²) < 4.78 is 5.77. The van der Waals surface area contributed by atoms with E-state index < -0.39 is 30.7 Å². The molecule has 0 fully saturated rings. The SMILES string of the molecule is CC[C@H](C)C(=O)O[C@H]1CC(=O)C=C2C=C[C@H](C)[C@H](CC[C@@H](O)C[C@@H](O)CC(=O)[O-])[C@H]21.[Na+]. The van der Waals surface area contributed by atoms with Crippen LogP contribution < -0.4 is 34.7 Å². The summed E-state index contributed by atoms with van der Waals surface area (Å²) in [6, 6.07) is 0. The number of fused-ring (bicyclic) bond motifs is 1. The Balaban J connectivity index is 0.00000480. The van der Waals surface area contributed by atoms with Crippen LogP contribution in [0.3, 0.4) is 0 Å². The van der Waals surface area contributed by atoms with Crippen molar-refractivity contribution < 1.29 is 64.0 Å². The molecule has 31 heavy (non-hydrogen) atoms. The number of carbonyl (C=O) groups excluding carboxylic acids is 3. The van der Waals surface area contributed by atoms with Crippen LogP contribution in [0.1, 0.15) is 59.3 Å². The molecule has 2 rings (SSSR count). The van der Waals surface area contributed by atoms with Crippen LogP contribution in [0.25, 0.3) is 0 Å². The number of allylic oxidation sites excluding steroid dienone is 3. The number of aliphatic hydroxyl groups excluding tert-OH is 2. The van der Waals surface area contributed by atoms with E-state index in [0.717, 1.165) is 5.57 Å². The van der Waals surface area contributed by atoms with E-state index in [1.807, 2.05) is 19.1 Å². The van der Waals surface area contributed by atoms with Crippen molar-refractivity contribution in [2.24, 2.45) is 23.7 Å². The summed E-state index contributed by atoms with van der Waals surface area (Å²) in [7, 11) is 0. The first kappa shape index (κ1) is 28.0. The number of rotatable bonds is 10. The molecule has 2 aliphatic rings. The molecule has 0 aromatic carbocycles. The van der Waals surface area contributed by atoms with Gasteiger partial charge in [0.2, 0.25) is 0 Å². The Labute approximate surface area is 206 Å². The van der Waals surface area contributed by atoms with E-state index in [2.05, 4.69) is 6.92 Å². The molecule has 0 radical (unpaired) electrons. The van der Waals surface area contributed by atoms with Gasteiger partial charge in [-0.25, -0.2) is 0 Å². The summed E-state index contributed by atoms with van der Waals surface area (Å²) in [6.45, 7) is 5.77. The van der Waals surface area contributed by atoms with E-state index in [1.165, 1.54) is 0 Å². The second kappa shape index (κ2) is 12.9. The van der Waals surface area contributed by atoms with Gasteiger partial charge in [-0.2, -0.15) is 0 Å². The van der Waals surface area contributed by atoms with Gasteiger partial charge in [0, 0.05) is 24.7 Å². The first-order valence-corrected chi connectivity index (χ1v) is 10.8. The standard InChI is InChI=1S/C23H34O7.Na/c1-4-13(2)23(29)30-20-11-17(25)9-15-6-5-14(3)19(22(15)20)8-7-16(24)10-18(26)12-21(27)28;/h5-6,9,13-14,16,18-20,22,24,26H,4,7-8,10-12H2,1-3H3,(H,27,28);/q;+1/p-1/t13-,14-,16+,18+,19-,20-,22-;/m0./s1. The minimum absolute atomic E-state index is 0. The monoisotopic (exact) mass is 444 g/mol. The zero-order valence-corrected chi connectivity index (χ0v) is 21.0. The normalized spacial score (nSPS) is 27.9. The molecule has 0 aromatic heterocycles. The molecule has 8 heteroatoms. The van der Waals surface area contributed by atoms with Crippen molar-refractivity contribution in [3.63, 3.8) is 0 Å². The average Bonchev–Trinajstić information content (AvgIpc) is 2.65. The largest absolute Gasteiger partial charge is 1.00 e. The average molecular weight is 445 g/mol. The second-order valence-corrected chi connectivity index (χ2v) is 8.70. The third-order valence-electron chi connectivity index (χ3n) is 6.31. The van der Waals surface area contributed by atoms with Gasteiger partial charge in [0.25, 0.3) is 0 Å². The molecule has 0 aromatic rings. The van der Waals surface area contributed by atoms with Crippen molar-refractivity contribution in [3.8, 4) is 0 Å². The first-order chi connectivity index (χ1) is 14.1. The number of carboxylic acids is 1. The minimum Gasteiger partial charge on any atom is -0.550 e. The molecular formula is C23H33NaO7. The number of aliphatic carboxylic acids is 1. The maximum atomic E-state index is 12.4. The first-order valence-electron chi connectivity index (χ1n) is 10.8. The van der Waals surface area contributed by atoms with Crippen molar-refractivity contribution in [1.82, 2.24) is 0 Å². The summed E-state index contributed by atoms with van der Waals surface area (Å²) >= 11 is 0. The third-order valence-corrected chi connectivity index (χ3v) is 6.31. The Hall–Kier alpha value is -0.990. The topological polar surface area (TPSA) is 124 Å². The van der Waals surface area contributed by atoms with Crippen LogP contribution in [-0.2, 0) is 19.1 Å². The Bertz CT molecular complexity index is 702. The number of aliphatic hydroxyl groups is 2. The van der Waals surface area contributed by atoms with Crippen molar-refractivity contribution in [2.45, 2.75) is 77.6 Å². The second-order valence-electron chi connectivity index (χ2n) is 8.70. The molecule has 7 atom stereocenters. The van der Waals surface area contributed by atoms with Crippen LogP contribution >= 0.6 is 0 Å². The Morgan fingerprint density at radius 1 is 1.29 bits per heavy atom. The minimum atomic E-state index is -1.35. The summed E-state index contributed by atoms with van der Waals surface area (Å²) in [6.07, 6.45) is 4.27. The molecule has 168 valence electrons. The fraction of sp³-hybridized carbons (Fsp3) is 0.696. The van der Waals surface area contributed by atoms with Gasteiger partial charge in [-0.3, -0.25) is 9.59 Å². The molecule has 7 nitrogen and oxygen atoms in total. The zero-order valence-electron chi connectivity index (χ0n) is 19.0. The maximum Gasteiger partial charge on any atom is 1.00 e. The summed E-state index contributed by atoms with van der Waals surface area (Å²) in [5.74, 6) is -1.88. The number of hydrogen-bond donors (Lipinski definition) is 2. The molecule has 0 saturated heterocycles.